The zero-order valence-corrected chi connectivity index (χ0v) is 9.23. The van der Waals surface area contributed by atoms with Gasteiger partial charge < -0.3 is 5.32 Å². The highest BCUT2D eigenvalue weighted by molar-refractivity contribution is 5.81. The second kappa shape index (κ2) is 4.05. The summed E-state index contributed by atoms with van der Waals surface area (Å²) in [6.07, 6.45) is 0.943. The van der Waals surface area contributed by atoms with Gasteiger partial charge in [-0.3, -0.25) is 4.79 Å². The molecule has 1 N–H and O–H groups in total. The first-order valence-corrected chi connectivity index (χ1v) is 5.53. The molecule has 0 aromatic heterocycles. The van der Waals surface area contributed by atoms with E-state index in [9.17, 15) is 4.79 Å². The van der Waals surface area contributed by atoms with Crippen molar-refractivity contribution >= 4 is 5.91 Å². The van der Waals surface area contributed by atoms with E-state index in [-0.39, 0.29) is 11.8 Å². The van der Waals surface area contributed by atoms with Gasteiger partial charge in [-0.25, -0.2) is 0 Å². The largest absolute Gasteiger partial charge is 0.353 e. The molecule has 80 valence electrons. The number of benzene rings is 1. The summed E-state index contributed by atoms with van der Waals surface area (Å²) in [5.74, 6) is 0.778. The molecule has 2 heteroatoms. The molecule has 0 aliphatic carbocycles. The Hall–Kier alpha value is -1.31. The van der Waals surface area contributed by atoms with Gasteiger partial charge in [0.25, 0.3) is 0 Å². The van der Waals surface area contributed by atoms with E-state index in [1.165, 1.54) is 5.56 Å². The molecule has 0 saturated carbocycles. The molecule has 1 heterocycles. The first-order valence-electron chi connectivity index (χ1n) is 5.53. The van der Waals surface area contributed by atoms with E-state index >= 15 is 0 Å². The lowest BCUT2D eigenvalue weighted by Gasteiger charge is -2.16. The van der Waals surface area contributed by atoms with Gasteiger partial charge in [0.05, 0.1) is 0 Å². The molecule has 2 rings (SSSR count). The number of hydrogen-bond donors (Lipinski definition) is 1. The SMILES string of the molecule is CC1C(=O)N[C@@H](Cc2ccccc2)C1C. The maximum Gasteiger partial charge on any atom is 0.223 e. The van der Waals surface area contributed by atoms with Crippen LogP contribution in [0, 0.1) is 11.8 Å². The van der Waals surface area contributed by atoms with E-state index in [0.717, 1.165) is 6.42 Å². The zero-order valence-electron chi connectivity index (χ0n) is 9.23. The minimum Gasteiger partial charge on any atom is -0.353 e. The third-order valence-corrected chi connectivity index (χ3v) is 3.46. The molecule has 1 amide bonds. The van der Waals surface area contributed by atoms with Crippen LogP contribution in [0.2, 0.25) is 0 Å². The first-order chi connectivity index (χ1) is 7.18. The lowest BCUT2D eigenvalue weighted by Crippen LogP contribution is -2.30. The molecule has 2 nitrogen and oxygen atoms in total. The molecule has 2 unspecified atom stereocenters. The number of carbonyl (C=O) groups is 1. The molecule has 0 bridgehead atoms. The van der Waals surface area contributed by atoms with Crippen LogP contribution in [0.3, 0.4) is 0 Å². The fourth-order valence-corrected chi connectivity index (χ4v) is 2.14. The van der Waals surface area contributed by atoms with Crippen LogP contribution in [-0.4, -0.2) is 11.9 Å². The lowest BCUT2D eigenvalue weighted by molar-refractivity contribution is -0.122. The first kappa shape index (κ1) is 10.2. The standard InChI is InChI=1S/C13H17NO/c1-9-10(2)13(15)14-12(9)8-11-6-4-3-5-7-11/h3-7,9-10,12H,8H2,1-2H3,(H,14,15)/t9?,10?,12-/m0/s1. The molecule has 15 heavy (non-hydrogen) atoms. The molecule has 1 aromatic rings. The number of nitrogens with one attached hydrogen (secondary N) is 1. The average Bonchev–Trinajstić information content (AvgIpc) is 2.48. The van der Waals surface area contributed by atoms with E-state index in [4.69, 9.17) is 0 Å². The smallest absolute Gasteiger partial charge is 0.223 e. The average molecular weight is 203 g/mol. The van der Waals surface area contributed by atoms with Crippen molar-refractivity contribution in [2.24, 2.45) is 11.8 Å². The van der Waals surface area contributed by atoms with Crippen molar-refractivity contribution in [3.8, 4) is 0 Å². The minimum atomic E-state index is 0.152. The Morgan fingerprint density at radius 1 is 1.20 bits per heavy atom. The summed E-state index contributed by atoms with van der Waals surface area (Å²) in [7, 11) is 0. The Labute approximate surface area is 90.7 Å². The van der Waals surface area contributed by atoms with Crippen LogP contribution in [0.4, 0.5) is 0 Å². The summed E-state index contributed by atoms with van der Waals surface area (Å²) in [4.78, 5) is 11.5. The molecular weight excluding hydrogens is 186 g/mol. The van der Waals surface area contributed by atoms with Gasteiger partial charge in [0.1, 0.15) is 0 Å². The van der Waals surface area contributed by atoms with E-state index in [1.807, 2.05) is 25.1 Å². The van der Waals surface area contributed by atoms with Crippen molar-refractivity contribution in [3.05, 3.63) is 35.9 Å². The monoisotopic (exact) mass is 203 g/mol. The molecule has 1 aliphatic heterocycles. The summed E-state index contributed by atoms with van der Waals surface area (Å²) >= 11 is 0. The van der Waals surface area contributed by atoms with Gasteiger partial charge in [-0.05, 0) is 17.9 Å². The topological polar surface area (TPSA) is 29.1 Å². The van der Waals surface area contributed by atoms with Crippen LogP contribution in [0.5, 0.6) is 0 Å². The van der Waals surface area contributed by atoms with Gasteiger partial charge in [-0.2, -0.15) is 0 Å². The quantitative estimate of drug-likeness (QED) is 0.782. The molecule has 1 aromatic carbocycles. The Bertz CT molecular complexity index is 347. The van der Waals surface area contributed by atoms with Crippen LogP contribution >= 0.6 is 0 Å². The highest BCUT2D eigenvalue weighted by atomic mass is 16.2. The van der Waals surface area contributed by atoms with Crippen molar-refractivity contribution in [2.45, 2.75) is 26.3 Å². The molecule has 3 atom stereocenters. The number of hydrogen-bond acceptors (Lipinski definition) is 1. The highest BCUT2D eigenvalue weighted by Gasteiger charge is 2.35. The summed E-state index contributed by atoms with van der Waals surface area (Å²) in [6.45, 7) is 4.15. The predicted octanol–water partition coefficient (Wildman–Crippen LogP) is 2.00. The van der Waals surface area contributed by atoms with Crippen molar-refractivity contribution in [2.75, 3.05) is 0 Å². The molecule has 1 aliphatic rings. The number of carbonyl (C=O) groups excluding carboxylic acids is 1. The van der Waals surface area contributed by atoms with Gasteiger partial charge >= 0.3 is 0 Å². The second-order valence-electron chi connectivity index (χ2n) is 4.45. The summed E-state index contributed by atoms with van der Waals surface area (Å²) in [5, 5.41) is 3.06. The van der Waals surface area contributed by atoms with Crippen LogP contribution in [0.1, 0.15) is 19.4 Å². The van der Waals surface area contributed by atoms with Crippen LogP contribution in [-0.2, 0) is 11.2 Å². The van der Waals surface area contributed by atoms with Crippen LogP contribution < -0.4 is 5.32 Å². The van der Waals surface area contributed by atoms with Gasteiger partial charge in [0, 0.05) is 12.0 Å². The summed E-state index contributed by atoms with van der Waals surface area (Å²) in [5.41, 5.74) is 1.30. The van der Waals surface area contributed by atoms with E-state index < -0.39 is 0 Å². The third kappa shape index (κ3) is 2.04. The molecular formula is C13H17NO. The van der Waals surface area contributed by atoms with Gasteiger partial charge in [-0.1, -0.05) is 44.2 Å². The van der Waals surface area contributed by atoms with Crippen molar-refractivity contribution in [1.82, 2.24) is 5.32 Å². The van der Waals surface area contributed by atoms with Crippen LogP contribution in [0.15, 0.2) is 30.3 Å². The molecule has 0 spiro atoms. The normalized spacial score (nSPS) is 30.3. The van der Waals surface area contributed by atoms with Gasteiger partial charge in [-0.15, -0.1) is 0 Å². The number of rotatable bonds is 2. The Morgan fingerprint density at radius 3 is 2.40 bits per heavy atom. The lowest BCUT2D eigenvalue weighted by atomic mass is 9.90. The van der Waals surface area contributed by atoms with Crippen molar-refractivity contribution in [3.63, 3.8) is 0 Å². The second-order valence-corrected chi connectivity index (χ2v) is 4.45. The van der Waals surface area contributed by atoms with E-state index in [1.54, 1.807) is 0 Å². The zero-order chi connectivity index (χ0) is 10.8. The number of amides is 1. The Morgan fingerprint density at radius 2 is 1.87 bits per heavy atom. The molecule has 0 radical (unpaired) electrons. The summed E-state index contributed by atoms with van der Waals surface area (Å²) < 4.78 is 0. The molecule has 1 saturated heterocycles. The van der Waals surface area contributed by atoms with Crippen LogP contribution in [0.25, 0.3) is 0 Å². The summed E-state index contributed by atoms with van der Waals surface area (Å²) in [6, 6.07) is 10.6. The minimum absolute atomic E-state index is 0.152. The Balaban J connectivity index is 2.05. The fraction of sp³-hybridized carbons (Fsp3) is 0.462. The van der Waals surface area contributed by atoms with Crippen molar-refractivity contribution < 1.29 is 4.79 Å². The Kier molecular flexibility index (Phi) is 2.76. The predicted molar refractivity (Wildman–Crippen MR) is 60.4 cm³/mol. The highest BCUT2D eigenvalue weighted by Crippen LogP contribution is 2.24. The van der Waals surface area contributed by atoms with E-state index in [0.29, 0.717) is 12.0 Å². The van der Waals surface area contributed by atoms with Gasteiger partial charge in [0.15, 0.2) is 0 Å². The van der Waals surface area contributed by atoms with Crippen molar-refractivity contribution in [1.29, 1.82) is 0 Å². The third-order valence-electron chi connectivity index (χ3n) is 3.46. The molecule has 1 fully saturated rings. The maximum absolute atomic E-state index is 11.5. The van der Waals surface area contributed by atoms with Gasteiger partial charge in [0.2, 0.25) is 5.91 Å². The fourth-order valence-electron chi connectivity index (χ4n) is 2.14. The van der Waals surface area contributed by atoms with E-state index in [2.05, 4.69) is 24.4 Å². The maximum atomic E-state index is 11.5.